The summed E-state index contributed by atoms with van der Waals surface area (Å²) in [6.45, 7) is 3.26. The zero-order chi connectivity index (χ0) is 8.15. The van der Waals surface area contributed by atoms with E-state index in [0.29, 0.717) is 0 Å². The van der Waals surface area contributed by atoms with Gasteiger partial charge >= 0.3 is 5.97 Å². The molecule has 58 valence electrons. The van der Waals surface area contributed by atoms with E-state index in [1.807, 2.05) is 0 Å². The van der Waals surface area contributed by atoms with Gasteiger partial charge in [0.25, 0.3) is 0 Å². The largest absolute Gasteiger partial charge is 0.478 e. The summed E-state index contributed by atoms with van der Waals surface area (Å²) in [6, 6.07) is 0. The maximum Gasteiger partial charge on any atom is 0.330 e. The summed E-state index contributed by atoms with van der Waals surface area (Å²) in [4.78, 5) is 10.2. The van der Waals surface area contributed by atoms with Gasteiger partial charge in [0.05, 0.1) is 0 Å². The fourth-order valence-electron chi connectivity index (χ4n) is 0.551. The fourth-order valence-corrected chi connectivity index (χ4v) is 0.551. The molecule has 2 N–H and O–H groups in total. The summed E-state index contributed by atoms with van der Waals surface area (Å²) in [5.41, 5.74) is 0.279. The van der Waals surface area contributed by atoms with E-state index in [0.717, 1.165) is 0 Å². The highest BCUT2D eigenvalue weighted by molar-refractivity contribution is 5.85. The van der Waals surface area contributed by atoms with E-state index in [9.17, 15) is 4.79 Å². The number of hydrogen-bond donors (Lipinski definition) is 2. The summed E-state index contributed by atoms with van der Waals surface area (Å²) in [5.74, 6) is -1.00. The minimum absolute atomic E-state index is 0.00931. The molecule has 0 aliphatic heterocycles. The zero-order valence-electron chi connectivity index (χ0n) is 6.16. The van der Waals surface area contributed by atoms with Crippen LogP contribution in [0.25, 0.3) is 0 Å². The first-order valence-electron chi connectivity index (χ1n) is 3.10. The van der Waals surface area contributed by atoms with Crippen LogP contribution in [-0.4, -0.2) is 22.8 Å². The Balaban J connectivity index is 4.02. The van der Waals surface area contributed by atoms with Crippen molar-refractivity contribution in [1.82, 2.24) is 0 Å². The summed E-state index contributed by atoms with van der Waals surface area (Å²) in [7, 11) is 0. The molecule has 0 aliphatic carbocycles. The molecule has 0 saturated carbocycles. The molecule has 0 spiro atoms. The second-order valence-corrected chi connectivity index (χ2v) is 2.31. The van der Waals surface area contributed by atoms with E-state index in [1.54, 1.807) is 6.92 Å². The van der Waals surface area contributed by atoms with Crippen LogP contribution in [0.15, 0.2) is 11.6 Å². The number of carbonyl (C=O) groups is 1. The van der Waals surface area contributed by atoms with E-state index in [-0.39, 0.29) is 18.1 Å². The standard InChI is InChI=1S/C7H12O3/c1-5(4-8)3-6(2)7(9)10/h3,5,8H,4H2,1-2H3,(H,9,10)/b6-3+. The summed E-state index contributed by atoms with van der Waals surface area (Å²) < 4.78 is 0. The Morgan fingerprint density at radius 1 is 1.70 bits per heavy atom. The second kappa shape index (κ2) is 4.06. The maximum atomic E-state index is 10.2. The lowest BCUT2D eigenvalue weighted by molar-refractivity contribution is -0.132. The van der Waals surface area contributed by atoms with Crippen molar-refractivity contribution >= 4 is 5.97 Å². The van der Waals surface area contributed by atoms with Gasteiger partial charge in [0.1, 0.15) is 0 Å². The number of aliphatic hydroxyl groups excluding tert-OH is 1. The third-order valence-corrected chi connectivity index (χ3v) is 1.16. The average Bonchev–Trinajstić information content (AvgIpc) is 1.87. The molecule has 3 nitrogen and oxygen atoms in total. The summed E-state index contributed by atoms with van der Waals surface area (Å²) in [5, 5.41) is 16.9. The van der Waals surface area contributed by atoms with Crippen molar-refractivity contribution in [3.8, 4) is 0 Å². The van der Waals surface area contributed by atoms with Crippen LogP contribution in [0.5, 0.6) is 0 Å². The van der Waals surface area contributed by atoms with Crippen molar-refractivity contribution in [2.24, 2.45) is 5.92 Å². The van der Waals surface area contributed by atoms with E-state index in [4.69, 9.17) is 10.2 Å². The Labute approximate surface area is 60.0 Å². The smallest absolute Gasteiger partial charge is 0.330 e. The molecule has 1 atom stereocenters. The Bertz CT molecular complexity index is 149. The lowest BCUT2D eigenvalue weighted by Gasteiger charge is -1.99. The number of aliphatic hydroxyl groups is 1. The van der Waals surface area contributed by atoms with Crippen molar-refractivity contribution in [3.63, 3.8) is 0 Å². The average molecular weight is 144 g/mol. The summed E-state index contributed by atoms with van der Waals surface area (Å²) in [6.07, 6.45) is 1.53. The Hall–Kier alpha value is -0.830. The van der Waals surface area contributed by atoms with Gasteiger partial charge in [-0.25, -0.2) is 4.79 Å². The molecule has 0 heterocycles. The third kappa shape index (κ3) is 3.25. The predicted octanol–water partition coefficient (Wildman–Crippen LogP) is 0.646. The minimum atomic E-state index is -0.930. The molecule has 0 rings (SSSR count). The van der Waals surface area contributed by atoms with Gasteiger partial charge in [0.15, 0.2) is 0 Å². The molecule has 10 heavy (non-hydrogen) atoms. The first kappa shape index (κ1) is 9.17. The number of rotatable bonds is 3. The van der Waals surface area contributed by atoms with Crippen LogP contribution >= 0.6 is 0 Å². The molecule has 0 amide bonds. The minimum Gasteiger partial charge on any atom is -0.478 e. The second-order valence-electron chi connectivity index (χ2n) is 2.31. The number of hydrogen-bond acceptors (Lipinski definition) is 2. The summed E-state index contributed by atoms with van der Waals surface area (Å²) >= 11 is 0. The number of carboxylic acid groups (broad SMARTS) is 1. The maximum absolute atomic E-state index is 10.2. The number of carboxylic acids is 1. The molecule has 0 aromatic rings. The Morgan fingerprint density at radius 3 is 2.50 bits per heavy atom. The topological polar surface area (TPSA) is 57.5 Å². The molecule has 3 heteroatoms. The van der Waals surface area contributed by atoms with Gasteiger partial charge in [-0.2, -0.15) is 0 Å². The normalized spacial score (nSPS) is 14.9. The molecule has 0 aromatic heterocycles. The predicted molar refractivity (Wildman–Crippen MR) is 37.6 cm³/mol. The van der Waals surface area contributed by atoms with Crippen molar-refractivity contribution in [3.05, 3.63) is 11.6 Å². The first-order valence-corrected chi connectivity index (χ1v) is 3.10. The van der Waals surface area contributed by atoms with Crippen LogP contribution in [0, 0.1) is 5.92 Å². The van der Waals surface area contributed by atoms with Crippen LogP contribution < -0.4 is 0 Å². The van der Waals surface area contributed by atoms with E-state index >= 15 is 0 Å². The van der Waals surface area contributed by atoms with Crippen LogP contribution in [0.3, 0.4) is 0 Å². The van der Waals surface area contributed by atoms with Crippen LogP contribution in [-0.2, 0) is 4.79 Å². The molecular weight excluding hydrogens is 132 g/mol. The highest BCUT2D eigenvalue weighted by Crippen LogP contribution is 2.01. The van der Waals surface area contributed by atoms with Gasteiger partial charge < -0.3 is 10.2 Å². The van der Waals surface area contributed by atoms with Gasteiger partial charge in [-0.15, -0.1) is 0 Å². The SMILES string of the molecule is C/C(=C\C(C)CO)C(=O)O. The van der Waals surface area contributed by atoms with Gasteiger partial charge in [0, 0.05) is 12.2 Å². The van der Waals surface area contributed by atoms with Crippen molar-refractivity contribution in [2.45, 2.75) is 13.8 Å². The van der Waals surface area contributed by atoms with Gasteiger partial charge in [-0.3, -0.25) is 0 Å². The first-order chi connectivity index (χ1) is 4.57. The lowest BCUT2D eigenvalue weighted by atomic mass is 10.1. The molecular formula is C7H12O3. The third-order valence-electron chi connectivity index (χ3n) is 1.16. The molecule has 0 bridgehead atoms. The number of aliphatic carboxylic acids is 1. The monoisotopic (exact) mass is 144 g/mol. The van der Waals surface area contributed by atoms with Crippen LogP contribution in [0.1, 0.15) is 13.8 Å². The molecule has 1 unspecified atom stereocenters. The zero-order valence-corrected chi connectivity index (χ0v) is 6.16. The quantitative estimate of drug-likeness (QED) is 0.571. The van der Waals surface area contributed by atoms with Crippen LogP contribution in [0.4, 0.5) is 0 Å². The lowest BCUT2D eigenvalue weighted by Crippen LogP contribution is -2.02. The van der Waals surface area contributed by atoms with Gasteiger partial charge in [-0.1, -0.05) is 13.0 Å². The van der Waals surface area contributed by atoms with E-state index in [2.05, 4.69) is 0 Å². The fraction of sp³-hybridized carbons (Fsp3) is 0.571. The Morgan fingerprint density at radius 2 is 2.20 bits per heavy atom. The van der Waals surface area contributed by atoms with E-state index < -0.39 is 5.97 Å². The highest BCUT2D eigenvalue weighted by Gasteiger charge is 2.01. The van der Waals surface area contributed by atoms with E-state index in [1.165, 1.54) is 13.0 Å². The molecule has 0 fully saturated rings. The molecule has 0 aliphatic rings. The Kier molecular flexibility index (Phi) is 3.72. The molecule has 0 aromatic carbocycles. The highest BCUT2D eigenvalue weighted by atomic mass is 16.4. The molecule has 0 saturated heterocycles. The van der Waals surface area contributed by atoms with Crippen molar-refractivity contribution in [1.29, 1.82) is 0 Å². The van der Waals surface area contributed by atoms with Crippen molar-refractivity contribution < 1.29 is 15.0 Å². The van der Waals surface area contributed by atoms with Crippen LogP contribution in [0.2, 0.25) is 0 Å². The van der Waals surface area contributed by atoms with Gasteiger partial charge in [-0.05, 0) is 12.8 Å². The van der Waals surface area contributed by atoms with Crippen molar-refractivity contribution in [2.75, 3.05) is 6.61 Å². The molecule has 0 radical (unpaired) electrons. The van der Waals surface area contributed by atoms with Gasteiger partial charge in [0.2, 0.25) is 0 Å².